The first-order valence-corrected chi connectivity index (χ1v) is 9.03. The van der Waals surface area contributed by atoms with Crippen LogP contribution in [0.3, 0.4) is 0 Å². The van der Waals surface area contributed by atoms with E-state index < -0.39 is 17.9 Å². The van der Waals surface area contributed by atoms with Crippen LogP contribution in [0.2, 0.25) is 10.0 Å². The molecule has 0 bridgehead atoms. The standard InChI is InChI=1S/C17H15Cl2IN2O3/c1-25-17(24)15(7-9-2-5-12(18)13(19)6-9)22-16(23)11-4-3-10(20)8-14(11)21/h2-6,8,15H,7,21H2,1H3,(H,22,23). The van der Waals surface area contributed by atoms with Crippen LogP contribution < -0.4 is 11.1 Å². The van der Waals surface area contributed by atoms with Gasteiger partial charge < -0.3 is 15.8 Å². The van der Waals surface area contributed by atoms with Gasteiger partial charge in [-0.2, -0.15) is 0 Å². The molecule has 0 aliphatic rings. The Kier molecular flexibility index (Phi) is 6.92. The number of esters is 1. The average Bonchev–Trinajstić information content (AvgIpc) is 2.56. The van der Waals surface area contributed by atoms with Crippen LogP contribution >= 0.6 is 45.8 Å². The van der Waals surface area contributed by atoms with Crippen LogP contribution in [-0.2, 0) is 16.0 Å². The number of nitrogen functional groups attached to an aromatic ring is 1. The van der Waals surface area contributed by atoms with Gasteiger partial charge in [-0.3, -0.25) is 4.79 Å². The van der Waals surface area contributed by atoms with Gasteiger partial charge in [-0.05, 0) is 58.5 Å². The Labute approximate surface area is 169 Å². The fourth-order valence-electron chi connectivity index (χ4n) is 2.21. The van der Waals surface area contributed by atoms with Gasteiger partial charge in [-0.1, -0.05) is 29.3 Å². The highest BCUT2D eigenvalue weighted by molar-refractivity contribution is 14.1. The molecule has 0 saturated carbocycles. The first-order chi connectivity index (χ1) is 11.8. The number of ether oxygens (including phenoxy) is 1. The second-order valence-electron chi connectivity index (χ2n) is 5.23. The number of nitrogens with one attached hydrogen (secondary N) is 1. The van der Waals surface area contributed by atoms with Crippen LogP contribution in [0.5, 0.6) is 0 Å². The van der Waals surface area contributed by atoms with Gasteiger partial charge in [0, 0.05) is 15.7 Å². The molecule has 0 spiro atoms. The molecule has 2 rings (SSSR count). The fraction of sp³-hybridized carbons (Fsp3) is 0.176. The third kappa shape index (κ3) is 5.23. The van der Waals surface area contributed by atoms with Crippen molar-refractivity contribution in [1.82, 2.24) is 5.32 Å². The van der Waals surface area contributed by atoms with E-state index in [0.29, 0.717) is 21.3 Å². The highest BCUT2D eigenvalue weighted by Crippen LogP contribution is 2.23. The zero-order valence-electron chi connectivity index (χ0n) is 13.2. The molecule has 0 aliphatic carbocycles. The van der Waals surface area contributed by atoms with Crippen molar-refractivity contribution in [3.8, 4) is 0 Å². The van der Waals surface area contributed by atoms with Crippen LogP contribution in [0, 0.1) is 3.57 Å². The Hall–Kier alpha value is -1.51. The number of hydrogen-bond donors (Lipinski definition) is 2. The van der Waals surface area contributed by atoms with Gasteiger partial charge >= 0.3 is 5.97 Å². The van der Waals surface area contributed by atoms with E-state index in [9.17, 15) is 9.59 Å². The summed E-state index contributed by atoms with van der Waals surface area (Å²) >= 11 is 14.0. The van der Waals surface area contributed by atoms with Gasteiger partial charge in [0.1, 0.15) is 6.04 Å². The first-order valence-electron chi connectivity index (χ1n) is 7.19. The van der Waals surface area contributed by atoms with E-state index in [1.54, 1.807) is 36.4 Å². The van der Waals surface area contributed by atoms with Crippen molar-refractivity contribution in [2.24, 2.45) is 0 Å². The lowest BCUT2D eigenvalue weighted by Gasteiger charge is -2.17. The van der Waals surface area contributed by atoms with E-state index in [2.05, 4.69) is 27.9 Å². The topological polar surface area (TPSA) is 81.4 Å². The molecule has 0 heterocycles. The highest BCUT2D eigenvalue weighted by Gasteiger charge is 2.23. The molecule has 8 heteroatoms. The number of methoxy groups -OCH3 is 1. The number of carbonyl (C=O) groups is 2. The zero-order valence-corrected chi connectivity index (χ0v) is 16.9. The Morgan fingerprint density at radius 2 is 1.92 bits per heavy atom. The van der Waals surface area contributed by atoms with Gasteiger partial charge in [-0.25, -0.2) is 4.79 Å². The van der Waals surface area contributed by atoms with E-state index in [4.69, 9.17) is 33.7 Å². The van der Waals surface area contributed by atoms with E-state index in [1.165, 1.54) is 7.11 Å². The SMILES string of the molecule is COC(=O)C(Cc1ccc(Cl)c(Cl)c1)NC(=O)c1ccc(I)cc1N. The molecule has 0 fully saturated rings. The summed E-state index contributed by atoms with van der Waals surface area (Å²) in [6, 6.07) is 9.18. The van der Waals surface area contributed by atoms with Crippen molar-refractivity contribution < 1.29 is 14.3 Å². The fourth-order valence-corrected chi connectivity index (χ4v) is 3.05. The summed E-state index contributed by atoms with van der Waals surface area (Å²) in [5.74, 6) is -1.02. The van der Waals surface area contributed by atoms with Gasteiger partial charge in [0.05, 0.1) is 22.7 Å². The summed E-state index contributed by atoms with van der Waals surface area (Å²) in [5.41, 5.74) is 7.25. The minimum Gasteiger partial charge on any atom is -0.467 e. The van der Waals surface area contributed by atoms with Crippen molar-refractivity contribution in [3.05, 3.63) is 61.1 Å². The number of amides is 1. The molecule has 3 N–H and O–H groups in total. The molecule has 0 aliphatic heterocycles. The Bertz CT molecular complexity index is 814. The summed E-state index contributed by atoms with van der Waals surface area (Å²) in [4.78, 5) is 24.5. The van der Waals surface area contributed by atoms with Crippen LogP contribution in [-0.4, -0.2) is 25.0 Å². The number of rotatable bonds is 5. The maximum atomic E-state index is 12.5. The smallest absolute Gasteiger partial charge is 0.328 e. The summed E-state index contributed by atoms with van der Waals surface area (Å²) in [6.45, 7) is 0. The molecule has 2 aromatic rings. The molecule has 1 unspecified atom stereocenters. The molecule has 1 atom stereocenters. The number of halogens is 3. The van der Waals surface area contributed by atoms with E-state index in [-0.39, 0.29) is 6.42 Å². The lowest BCUT2D eigenvalue weighted by atomic mass is 10.0. The second kappa shape index (κ2) is 8.73. The number of nitrogens with two attached hydrogens (primary N) is 1. The summed E-state index contributed by atoms with van der Waals surface area (Å²) in [7, 11) is 1.26. The molecule has 25 heavy (non-hydrogen) atoms. The van der Waals surface area contributed by atoms with Crippen LogP contribution in [0.25, 0.3) is 0 Å². The maximum absolute atomic E-state index is 12.5. The Morgan fingerprint density at radius 1 is 1.20 bits per heavy atom. The molecule has 5 nitrogen and oxygen atoms in total. The maximum Gasteiger partial charge on any atom is 0.328 e. The molecule has 0 aromatic heterocycles. The number of hydrogen-bond acceptors (Lipinski definition) is 4. The number of anilines is 1. The molecular formula is C17H15Cl2IN2O3. The number of benzene rings is 2. The summed E-state index contributed by atoms with van der Waals surface area (Å²) < 4.78 is 5.69. The van der Waals surface area contributed by atoms with E-state index in [0.717, 1.165) is 9.13 Å². The van der Waals surface area contributed by atoms with Crippen molar-refractivity contribution in [2.75, 3.05) is 12.8 Å². The Morgan fingerprint density at radius 3 is 2.52 bits per heavy atom. The van der Waals surface area contributed by atoms with Crippen LogP contribution in [0.1, 0.15) is 15.9 Å². The molecule has 0 saturated heterocycles. The predicted octanol–water partition coefficient (Wildman–Crippen LogP) is 3.69. The highest BCUT2D eigenvalue weighted by atomic mass is 127. The van der Waals surface area contributed by atoms with Gasteiger partial charge in [0.15, 0.2) is 0 Å². The quantitative estimate of drug-likeness (QED) is 0.379. The normalized spacial score (nSPS) is 11.7. The minimum absolute atomic E-state index is 0.208. The molecule has 0 radical (unpaired) electrons. The summed E-state index contributed by atoms with van der Waals surface area (Å²) in [6.07, 6.45) is 0.208. The van der Waals surface area contributed by atoms with Crippen LogP contribution in [0.15, 0.2) is 36.4 Å². The van der Waals surface area contributed by atoms with E-state index in [1.807, 2.05) is 0 Å². The van der Waals surface area contributed by atoms with Crippen molar-refractivity contribution in [2.45, 2.75) is 12.5 Å². The van der Waals surface area contributed by atoms with Gasteiger partial charge in [-0.15, -0.1) is 0 Å². The summed E-state index contributed by atoms with van der Waals surface area (Å²) in [5, 5.41) is 3.44. The molecular weight excluding hydrogens is 478 g/mol. The third-order valence-electron chi connectivity index (χ3n) is 3.47. The zero-order chi connectivity index (χ0) is 18.6. The number of carbonyl (C=O) groups excluding carboxylic acids is 2. The van der Waals surface area contributed by atoms with E-state index >= 15 is 0 Å². The lowest BCUT2D eigenvalue weighted by molar-refractivity contribution is -0.142. The third-order valence-corrected chi connectivity index (χ3v) is 4.88. The molecule has 2 aromatic carbocycles. The predicted molar refractivity (Wildman–Crippen MR) is 107 cm³/mol. The van der Waals surface area contributed by atoms with Gasteiger partial charge in [0.2, 0.25) is 0 Å². The lowest BCUT2D eigenvalue weighted by Crippen LogP contribution is -2.43. The first kappa shape index (κ1) is 19.8. The minimum atomic E-state index is -0.881. The van der Waals surface area contributed by atoms with Crippen molar-refractivity contribution >= 4 is 63.4 Å². The Balaban J connectivity index is 2.21. The largest absolute Gasteiger partial charge is 0.467 e. The second-order valence-corrected chi connectivity index (χ2v) is 7.29. The monoisotopic (exact) mass is 492 g/mol. The average molecular weight is 493 g/mol. The van der Waals surface area contributed by atoms with Crippen LogP contribution in [0.4, 0.5) is 5.69 Å². The van der Waals surface area contributed by atoms with Crippen molar-refractivity contribution in [3.63, 3.8) is 0 Å². The van der Waals surface area contributed by atoms with Gasteiger partial charge in [0.25, 0.3) is 5.91 Å². The molecule has 1 amide bonds. The van der Waals surface area contributed by atoms with Crippen molar-refractivity contribution in [1.29, 1.82) is 0 Å². The molecule has 132 valence electrons.